The van der Waals surface area contributed by atoms with E-state index in [1.54, 1.807) is 0 Å². The molecule has 0 aliphatic carbocycles. The summed E-state index contributed by atoms with van der Waals surface area (Å²) < 4.78 is 1.84. The summed E-state index contributed by atoms with van der Waals surface area (Å²) in [5, 5.41) is 10.6. The number of hydrogen-bond donors (Lipinski definition) is 0. The fraction of sp³-hybridized carbons (Fsp3) is 0.250. The average Bonchev–Trinajstić information content (AvgIpc) is 2.49. The second-order valence-electron chi connectivity index (χ2n) is 4.91. The summed E-state index contributed by atoms with van der Waals surface area (Å²) in [6.07, 6.45) is 4.76. The molecule has 0 fully saturated rings. The second-order valence-corrected chi connectivity index (χ2v) is 4.91. The van der Waals surface area contributed by atoms with Gasteiger partial charge in [-0.05, 0) is 31.0 Å². The van der Waals surface area contributed by atoms with Crippen molar-refractivity contribution in [3.63, 3.8) is 0 Å². The topological polar surface area (TPSA) is 64.1 Å². The SMILES string of the molecule is CCc1c[n+](CC(=O)c2ccc([N+](=O)[O-])cc2)ccc1C.[Br-]. The third-order valence-electron chi connectivity index (χ3n) is 3.45. The molecule has 0 amide bonds. The molecule has 1 aromatic carbocycles. The first-order chi connectivity index (χ1) is 10.0. The zero-order valence-corrected chi connectivity index (χ0v) is 14.0. The van der Waals surface area contributed by atoms with Gasteiger partial charge in [-0.15, -0.1) is 0 Å². The van der Waals surface area contributed by atoms with E-state index < -0.39 is 4.92 Å². The molecule has 0 unspecified atom stereocenters. The minimum atomic E-state index is -0.476. The van der Waals surface area contributed by atoms with E-state index in [2.05, 4.69) is 6.92 Å². The number of halogens is 1. The van der Waals surface area contributed by atoms with Crippen LogP contribution in [0.25, 0.3) is 0 Å². The molecule has 0 saturated carbocycles. The molecule has 0 N–H and O–H groups in total. The summed E-state index contributed by atoms with van der Waals surface area (Å²) in [5.74, 6) is -0.0687. The first-order valence-electron chi connectivity index (χ1n) is 6.77. The van der Waals surface area contributed by atoms with Gasteiger partial charge in [-0.1, -0.05) is 6.92 Å². The Kier molecular flexibility index (Phi) is 6.37. The maximum Gasteiger partial charge on any atom is 0.269 e. The van der Waals surface area contributed by atoms with E-state index in [9.17, 15) is 14.9 Å². The Bertz CT molecular complexity index is 684. The van der Waals surface area contributed by atoms with E-state index in [4.69, 9.17) is 0 Å². The quantitative estimate of drug-likeness (QED) is 0.315. The summed E-state index contributed by atoms with van der Waals surface area (Å²) in [5.41, 5.74) is 2.88. The van der Waals surface area contributed by atoms with Crippen molar-refractivity contribution < 1.29 is 31.3 Å². The highest BCUT2D eigenvalue weighted by Crippen LogP contribution is 2.12. The molecule has 0 saturated heterocycles. The summed E-state index contributed by atoms with van der Waals surface area (Å²) in [6.45, 7) is 4.34. The largest absolute Gasteiger partial charge is 1.00 e. The van der Waals surface area contributed by atoms with Crippen LogP contribution in [0, 0.1) is 17.0 Å². The molecular formula is C16H17BrN2O3. The monoisotopic (exact) mass is 364 g/mol. The number of ketones is 1. The highest BCUT2D eigenvalue weighted by Gasteiger charge is 2.14. The molecule has 6 heteroatoms. The van der Waals surface area contributed by atoms with Gasteiger partial charge < -0.3 is 17.0 Å². The zero-order valence-electron chi connectivity index (χ0n) is 12.5. The Balaban J connectivity index is 0.00000242. The summed E-state index contributed by atoms with van der Waals surface area (Å²) in [7, 11) is 0. The van der Waals surface area contributed by atoms with Gasteiger partial charge in [0.15, 0.2) is 12.4 Å². The second kappa shape index (κ2) is 7.79. The average molecular weight is 365 g/mol. The van der Waals surface area contributed by atoms with E-state index >= 15 is 0 Å². The van der Waals surface area contributed by atoms with Gasteiger partial charge in [-0.3, -0.25) is 14.9 Å². The van der Waals surface area contributed by atoms with E-state index in [0.717, 1.165) is 6.42 Å². The molecule has 0 bridgehead atoms. The number of aryl methyl sites for hydroxylation is 2. The van der Waals surface area contributed by atoms with Crippen LogP contribution in [0.2, 0.25) is 0 Å². The van der Waals surface area contributed by atoms with Gasteiger partial charge in [-0.2, -0.15) is 4.57 Å². The molecule has 5 nitrogen and oxygen atoms in total. The molecule has 116 valence electrons. The van der Waals surface area contributed by atoms with Crippen LogP contribution in [0.5, 0.6) is 0 Å². The number of nitro groups is 1. The predicted octanol–water partition coefficient (Wildman–Crippen LogP) is -0.360. The lowest BCUT2D eigenvalue weighted by Gasteiger charge is -2.02. The molecule has 0 aliphatic rings. The van der Waals surface area contributed by atoms with Crippen molar-refractivity contribution >= 4 is 11.5 Å². The molecule has 0 atom stereocenters. The number of nitro benzene ring substituents is 1. The fourth-order valence-electron chi connectivity index (χ4n) is 2.15. The number of aromatic nitrogens is 1. The summed E-state index contributed by atoms with van der Waals surface area (Å²) in [4.78, 5) is 22.3. The van der Waals surface area contributed by atoms with Crippen LogP contribution in [-0.2, 0) is 13.0 Å². The van der Waals surface area contributed by atoms with Crippen molar-refractivity contribution in [2.24, 2.45) is 0 Å². The van der Waals surface area contributed by atoms with E-state index in [1.807, 2.05) is 30.0 Å². The van der Waals surface area contributed by atoms with Crippen LogP contribution in [0.1, 0.15) is 28.4 Å². The van der Waals surface area contributed by atoms with Crippen LogP contribution in [-0.4, -0.2) is 10.7 Å². The first-order valence-corrected chi connectivity index (χ1v) is 6.77. The molecule has 0 radical (unpaired) electrons. The van der Waals surface area contributed by atoms with Crippen LogP contribution >= 0.6 is 0 Å². The van der Waals surface area contributed by atoms with Gasteiger partial charge in [0.2, 0.25) is 12.3 Å². The molecular weight excluding hydrogens is 348 g/mol. The highest BCUT2D eigenvalue weighted by molar-refractivity contribution is 5.95. The maximum atomic E-state index is 12.2. The van der Waals surface area contributed by atoms with E-state index in [0.29, 0.717) is 5.56 Å². The molecule has 0 aliphatic heterocycles. The van der Waals surface area contributed by atoms with E-state index in [-0.39, 0.29) is 35.0 Å². The van der Waals surface area contributed by atoms with Crippen molar-refractivity contribution in [3.8, 4) is 0 Å². The van der Waals surface area contributed by atoms with Crippen LogP contribution in [0.3, 0.4) is 0 Å². The normalized spacial score (nSPS) is 9.91. The first kappa shape index (κ1) is 18.0. The minimum Gasteiger partial charge on any atom is -1.00 e. The predicted molar refractivity (Wildman–Crippen MR) is 78.2 cm³/mol. The van der Waals surface area contributed by atoms with Gasteiger partial charge in [-0.25, -0.2) is 0 Å². The number of pyridine rings is 1. The van der Waals surface area contributed by atoms with Crippen LogP contribution in [0.4, 0.5) is 5.69 Å². The fourth-order valence-corrected chi connectivity index (χ4v) is 2.15. The maximum absolute atomic E-state index is 12.2. The molecule has 22 heavy (non-hydrogen) atoms. The smallest absolute Gasteiger partial charge is 0.269 e. The number of hydrogen-bond acceptors (Lipinski definition) is 3. The van der Waals surface area contributed by atoms with Crippen molar-refractivity contribution in [2.75, 3.05) is 0 Å². The number of nitrogens with zero attached hydrogens (tertiary/aromatic N) is 2. The zero-order chi connectivity index (χ0) is 15.4. The lowest BCUT2D eigenvalue weighted by molar-refractivity contribution is -0.683. The van der Waals surface area contributed by atoms with Crippen molar-refractivity contribution in [1.29, 1.82) is 0 Å². The van der Waals surface area contributed by atoms with Gasteiger partial charge in [0.25, 0.3) is 5.69 Å². The Morgan fingerprint density at radius 3 is 2.41 bits per heavy atom. The Morgan fingerprint density at radius 1 is 1.23 bits per heavy atom. The number of benzene rings is 1. The lowest BCUT2D eigenvalue weighted by atomic mass is 10.1. The lowest BCUT2D eigenvalue weighted by Crippen LogP contribution is -3.00. The van der Waals surface area contributed by atoms with Gasteiger partial charge in [0.05, 0.1) is 4.92 Å². The Hall–Kier alpha value is -2.08. The third-order valence-corrected chi connectivity index (χ3v) is 3.45. The number of carbonyl (C=O) groups excluding carboxylic acids is 1. The molecule has 2 rings (SSSR count). The molecule has 1 aromatic heterocycles. The molecule has 0 spiro atoms. The van der Waals surface area contributed by atoms with Crippen molar-refractivity contribution in [3.05, 3.63) is 69.5 Å². The van der Waals surface area contributed by atoms with Crippen molar-refractivity contribution in [2.45, 2.75) is 26.8 Å². The summed E-state index contributed by atoms with van der Waals surface area (Å²) >= 11 is 0. The minimum absolute atomic E-state index is 0. The number of carbonyl (C=O) groups is 1. The molecule has 2 aromatic rings. The Morgan fingerprint density at radius 2 is 1.86 bits per heavy atom. The van der Waals surface area contributed by atoms with E-state index in [1.165, 1.54) is 35.4 Å². The third kappa shape index (κ3) is 4.21. The van der Waals surface area contributed by atoms with Crippen LogP contribution < -0.4 is 21.5 Å². The standard InChI is InChI=1S/C16H17N2O3.BrH/c1-3-13-10-17(9-8-12(13)2)11-16(19)14-4-6-15(7-5-14)18(20)21;/h4-10H,3,11H2,1-2H3;1H/q+1;/p-1. The van der Waals surface area contributed by atoms with Crippen LogP contribution in [0.15, 0.2) is 42.7 Å². The van der Waals surface area contributed by atoms with Gasteiger partial charge >= 0.3 is 0 Å². The highest BCUT2D eigenvalue weighted by atomic mass is 79.9. The Labute approximate surface area is 139 Å². The van der Waals surface area contributed by atoms with Gasteiger partial charge in [0.1, 0.15) is 0 Å². The van der Waals surface area contributed by atoms with Gasteiger partial charge in [0, 0.05) is 29.3 Å². The number of Topliss-reactive ketones (excluding diaryl/α,β-unsaturated/α-hetero) is 1. The molecule has 1 heterocycles. The van der Waals surface area contributed by atoms with Crippen molar-refractivity contribution in [1.82, 2.24) is 0 Å². The number of rotatable bonds is 5. The summed E-state index contributed by atoms with van der Waals surface area (Å²) in [6, 6.07) is 7.68. The number of non-ortho nitro benzene ring substituents is 1.